The molecule has 3 N–H and O–H groups in total. The normalized spacial score (nSPS) is 29.8. The van der Waals surface area contributed by atoms with Gasteiger partial charge < -0.3 is 11.1 Å². The van der Waals surface area contributed by atoms with Gasteiger partial charge in [0.25, 0.3) is 0 Å². The Hall–Kier alpha value is -1.84. The fourth-order valence-electron chi connectivity index (χ4n) is 3.76. The fourth-order valence-corrected chi connectivity index (χ4v) is 3.76. The molecule has 1 aromatic rings. The molecule has 1 aliphatic heterocycles. The standard InChI is InChI=1S/C16H20N2O2/c1-15(2)12(16(8-9-16)13(17)19)11(18-14(15)20)10-6-4-3-5-7-10/h3-7,11-12H,8-9H2,1-2H3,(H2,17,19)(H,18,20). The molecule has 3 rings (SSSR count). The van der Waals surface area contributed by atoms with Crippen molar-refractivity contribution in [3.63, 3.8) is 0 Å². The fraction of sp³-hybridized carbons (Fsp3) is 0.500. The Balaban J connectivity index is 2.06. The van der Waals surface area contributed by atoms with Crippen LogP contribution in [0.25, 0.3) is 0 Å². The molecule has 2 aliphatic rings. The molecular formula is C16H20N2O2. The third kappa shape index (κ3) is 1.67. The van der Waals surface area contributed by atoms with Crippen LogP contribution in [0.2, 0.25) is 0 Å². The molecule has 106 valence electrons. The summed E-state index contributed by atoms with van der Waals surface area (Å²) in [6, 6.07) is 9.71. The highest BCUT2D eigenvalue weighted by Crippen LogP contribution is 2.63. The molecule has 4 heteroatoms. The summed E-state index contributed by atoms with van der Waals surface area (Å²) in [5.74, 6) is -0.348. The van der Waals surface area contributed by atoms with E-state index in [1.54, 1.807) is 0 Å². The predicted octanol–water partition coefficient (Wildman–Crippen LogP) is 1.77. The number of carbonyl (C=O) groups excluding carboxylic acids is 2. The average molecular weight is 272 g/mol. The molecule has 0 radical (unpaired) electrons. The molecule has 1 aliphatic carbocycles. The van der Waals surface area contributed by atoms with Crippen LogP contribution in [0.4, 0.5) is 0 Å². The number of nitrogens with two attached hydrogens (primary N) is 1. The molecule has 4 nitrogen and oxygen atoms in total. The van der Waals surface area contributed by atoms with Gasteiger partial charge in [0.15, 0.2) is 0 Å². The van der Waals surface area contributed by atoms with Crippen LogP contribution in [0.5, 0.6) is 0 Å². The van der Waals surface area contributed by atoms with Crippen molar-refractivity contribution in [2.45, 2.75) is 32.7 Å². The van der Waals surface area contributed by atoms with Crippen molar-refractivity contribution in [2.24, 2.45) is 22.5 Å². The van der Waals surface area contributed by atoms with Crippen LogP contribution >= 0.6 is 0 Å². The Morgan fingerprint density at radius 3 is 2.35 bits per heavy atom. The van der Waals surface area contributed by atoms with Crippen molar-refractivity contribution >= 4 is 11.8 Å². The molecule has 0 bridgehead atoms. The maximum Gasteiger partial charge on any atom is 0.226 e. The SMILES string of the molecule is CC1(C)C(=O)NC(c2ccccc2)C1C1(C(N)=O)CC1. The third-order valence-electron chi connectivity index (χ3n) is 5.02. The molecule has 0 spiro atoms. The van der Waals surface area contributed by atoms with Gasteiger partial charge in [0.05, 0.1) is 11.5 Å². The molecule has 1 aromatic carbocycles. The highest BCUT2D eigenvalue weighted by atomic mass is 16.2. The summed E-state index contributed by atoms with van der Waals surface area (Å²) in [7, 11) is 0. The second-order valence-corrected chi connectivity index (χ2v) is 6.58. The minimum atomic E-state index is -0.577. The Morgan fingerprint density at radius 2 is 1.85 bits per heavy atom. The maximum absolute atomic E-state index is 12.3. The molecule has 2 fully saturated rings. The topological polar surface area (TPSA) is 72.2 Å². The van der Waals surface area contributed by atoms with Gasteiger partial charge in [-0.15, -0.1) is 0 Å². The van der Waals surface area contributed by atoms with E-state index in [-0.39, 0.29) is 23.8 Å². The zero-order valence-corrected chi connectivity index (χ0v) is 11.8. The number of primary amides is 1. The molecule has 0 aromatic heterocycles. The summed E-state index contributed by atoms with van der Waals surface area (Å²) in [5, 5.41) is 3.06. The van der Waals surface area contributed by atoms with E-state index in [1.807, 2.05) is 44.2 Å². The Labute approximate surface area is 118 Å². The highest BCUT2D eigenvalue weighted by molar-refractivity contribution is 5.90. The van der Waals surface area contributed by atoms with E-state index in [1.165, 1.54) is 0 Å². The lowest BCUT2D eigenvalue weighted by Crippen LogP contribution is -2.41. The van der Waals surface area contributed by atoms with E-state index >= 15 is 0 Å². The third-order valence-corrected chi connectivity index (χ3v) is 5.02. The molecule has 2 amide bonds. The summed E-state index contributed by atoms with van der Waals surface area (Å²) in [6.45, 7) is 3.83. The van der Waals surface area contributed by atoms with E-state index in [4.69, 9.17) is 5.73 Å². The first-order valence-corrected chi connectivity index (χ1v) is 7.05. The minimum absolute atomic E-state index is 0.00359. The van der Waals surface area contributed by atoms with Crippen LogP contribution < -0.4 is 11.1 Å². The first-order chi connectivity index (χ1) is 9.39. The summed E-state index contributed by atoms with van der Waals surface area (Å²) in [5.41, 5.74) is 5.58. The number of rotatable bonds is 3. The molecule has 1 saturated heterocycles. The van der Waals surface area contributed by atoms with Gasteiger partial charge in [0.1, 0.15) is 0 Å². The van der Waals surface area contributed by atoms with E-state index in [2.05, 4.69) is 5.32 Å². The van der Waals surface area contributed by atoms with Gasteiger partial charge in [-0.25, -0.2) is 0 Å². The van der Waals surface area contributed by atoms with Crippen LogP contribution in [0.15, 0.2) is 30.3 Å². The Morgan fingerprint density at radius 1 is 1.25 bits per heavy atom. The number of amides is 2. The van der Waals surface area contributed by atoms with Gasteiger partial charge in [-0.3, -0.25) is 9.59 Å². The molecule has 20 heavy (non-hydrogen) atoms. The largest absolute Gasteiger partial charge is 0.369 e. The van der Waals surface area contributed by atoms with E-state index in [0.717, 1.165) is 18.4 Å². The summed E-state index contributed by atoms with van der Waals surface area (Å²) < 4.78 is 0. The van der Waals surface area contributed by atoms with Crippen molar-refractivity contribution in [3.05, 3.63) is 35.9 Å². The zero-order chi connectivity index (χ0) is 14.5. The van der Waals surface area contributed by atoms with Gasteiger partial charge >= 0.3 is 0 Å². The zero-order valence-electron chi connectivity index (χ0n) is 11.8. The molecule has 1 heterocycles. The summed E-state index contributed by atoms with van der Waals surface area (Å²) in [4.78, 5) is 24.2. The average Bonchev–Trinajstić information content (AvgIpc) is 3.16. The number of hydrogen-bond donors (Lipinski definition) is 2. The quantitative estimate of drug-likeness (QED) is 0.880. The molecule has 2 atom stereocenters. The number of hydrogen-bond acceptors (Lipinski definition) is 2. The molecule has 1 saturated carbocycles. The van der Waals surface area contributed by atoms with Crippen molar-refractivity contribution in [1.29, 1.82) is 0 Å². The number of benzene rings is 1. The first-order valence-electron chi connectivity index (χ1n) is 7.05. The lowest BCUT2D eigenvalue weighted by Gasteiger charge is -2.33. The molecular weight excluding hydrogens is 252 g/mol. The van der Waals surface area contributed by atoms with Crippen LogP contribution in [-0.4, -0.2) is 11.8 Å². The Kier molecular flexibility index (Phi) is 2.68. The van der Waals surface area contributed by atoms with Crippen molar-refractivity contribution in [2.75, 3.05) is 0 Å². The van der Waals surface area contributed by atoms with Gasteiger partial charge in [-0.05, 0) is 18.4 Å². The van der Waals surface area contributed by atoms with Crippen LogP contribution in [-0.2, 0) is 9.59 Å². The van der Waals surface area contributed by atoms with Crippen LogP contribution in [0, 0.1) is 16.7 Å². The van der Waals surface area contributed by atoms with Gasteiger partial charge in [0, 0.05) is 11.3 Å². The number of carbonyl (C=O) groups is 2. The lowest BCUT2D eigenvalue weighted by atomic mass is 9.67. The van der Waals surface area contributed by atoms with E-state index < -0.39 is 10.8 Å². The lowest BCUT2D eigenvalue weighted by molar-refractivity contribution is -0.131. The summed E-state index contributed by atoms with van der Waals surface area (Å²) in [6.07, 6.45) is 1.57. The van der Waals surface area contributed by atoms with Crippen molar-refractivity contribution in [3.8, 4) is 0 Å². The van der Waals surface area contributed by atoms with Crippen LogP contribution in [0.3, 0.4) is 0 Å². The van der Waals surface area contributed by atoms with E-state index in [9.17, 15) is 9.59 Å². The van der Waals surface area contributed by atoms with Crippen LogP contribution in [0.1, 0.15) is 38.3 Å². The highest BCUT2D eigenvalue weighted by Gasteiger charge is 2.66. The second kappa shape index (κ2) is 4.08. The van der Waals surface area contributed by atoms with Gasteiger partial charge in [-0.2, -0.15) is 0 Å². The van der Waals surface area contributed by atoms with Gasteiger partial charge in [0.2, 0.25) is 11.8 Å². The second-order valence-electron chi connectivity index (χ2n) is 6.58. The Bertz CT molecular complexity index is 561. The smallest absolute Gasteiger partial charge is 0.226 e. The van der Waals surface area contributed by atoms with Crippen molar-refractivity contribution < 1.29 is 9.59 Å². The summed E-state index contributed by atoms with van der Waals surface area (Å²) >= 11 is 0. The first kappa shape index (κ1) is 13.2. The monoisotopic (exact) mass is 272 g/mol. The van der Waals surface area contributed by atoms with Gasteiger partial charge in [-0.1, -0.05) is 44.2 Å². The minimum Gasteiger partial charge on any atom is -0.369 e. The van der Waals surface area contributed by atoms with E-state index in [0.29, 0.717) is 0 Å². The molecule has 2 unspecified atom stereocenters. The van der Waals surface area contributed by atoms with Crippen molar-refractivity contribution in [1.82, 2.24) is 5.32 Å². The maximum atomic E-state index is 12.3. The predicted molar refractivity (Wildman–Crippen MR) is 75.5 cm³/mol. The number of nitrogens with one attached hydrogen (secondary N) is 1.